The fourth-order valence-corrected chi connectivity index (χ4v) is 1.82. The number of hydrogen-bond acceptors (Lipinski definition) is 3. The summed E-state index contributed by atoms with van der Waals surface area (Å²) in [5.74, 6) is -1.53. The average molecular weight is 270 g/mol. The Bertz CT molecular complexity index is 693. The topological polar surface area (TPSA) is 73.1 Å². The number of aliphatic carboxylic acids is 1. The zero-order valence-electron chi connectivity index (χ0n) is 10.4. The molecule has 5 heteroatoms. The third kappa shape index (κ3) is 3.33. The predicted octanol–water partition coefficient (Wildman–Crippen LogP) is 3.07. The molecule has 0 aliphatic carbocycles. The number of nitrogens with one attached hydrogen (secondary N) is 1. The van der Waals surface area contributed by atoms with E-state index in [4.69, 9.17) is 10.4 Å². The van der Waals surface area contributed by atoms with E-state index in [2.05, 4.69) is 5.32 Å². The first kappa shape index (κ1) is 13.6. The molecule has 2 rings (SSSR count). The zero-order chi connectivity index (χ0) is 14.5. The number of anilines is 2. The van der Waals surface area contributed by atoms with E-state index < -0.39 is 11.8 Å². The zero-order valence-corrected chi connectivity index (χ0v) is 10.4. The minimum absolute atomic E-state index is 0.280. The number of rotatable bonds is 4. The van der Waals surface area contributed by atoms with Crippen molar-refractivity contribution in [3.05, 3.63) is 59.4 Å². The summed E-state index contributed by atoms with van der Waals surface area (Å²) in [6, 6.07) is 12.7. The number of halogens is 1. The summed E-state index contributed by atoms with van der Waals surface area (Å²) in [5, 5.41) is 20.7. The second kappa shape index (κ2) is 5.85. The maximum absolute atomic E-state index is 13.2. The Morgan fingerprint density at radius 2 is 2.10 bits per heavy atom. The first-order valence-corrected chi connectivity index (χ1v) is 5.86. The van der Waals surface area contributed by atoms with Crippen molar-refractivity contribution in [1.29, 1.82) is 5.26 Å². The molecular formula is C15H11FN2O2. The molecule has 0 aliphatic heterocycles. The van der Waals surface area contributed by atoms with Crippen LogP contribution in [-0.4, -0.2) is 11.1 Å². The highest BCUT2D eigenvalue weighted by Crippen LogP contribution is 2.23. The predicted molar refractivity (Wildman–Crippen MR) is 72.2 cm³/mol. The van der Waals surface area contributed by atoms with Crippen LogP contribution in [0, 0.1) is 17.1 Å². The Kier molecular flexibility index (Phi) is 3.96. The Hall–Kier alpha value is -2.87. The van der Waals surface area contributed by atoms with E-state index in [0.717, 1.165) is 0 Å². The summed E-state index contributed by atoms with van der Waals surface area (Å²) in [6.45, 7) is 0. The third-order valence-corrected chi connectivity index (χ3v) is 2.68. The second-order valence-corrected chi connectivity index (χ2v) is 4.19. The van der Waals surface area contributed by atoms with Gasteiger partial charge in [-0.2, -0.15) is 5.26 Å². The van der Waals surface area contributed by atoms with Crippen LogP contribution in [0.2, 0.25) is 0 Å². The number of carbonyl (C=O) groups is 1. The average Bonchev–Trinajstić information content (AvgIpc) is 2.41. The van der Waals surface area contributed by atoms with E-state index in [-0.39, 0.29) is 6.42 Å². The van der Waals surface area contributed by atoms with Crippen molar-refractivity contribution in [3.63, 3.8) is 0 Å². The second-order valence-electron chi connectivity index (χ2n) is 4.19. The largest absolute Gasteiger partial charge is 0.481 e. The van der Waals surface area contributed by atoms with Crippen molar-refractivity contribution in [1.82, 2.24) is 0 Å². The van der Waals surface area contributed by atoms with Crippen LogP contribution < -0.4 is 5.32 Å². The van der Waals surface area contributed by atoms with Gasteiger partial charge in [0.15, 0.2) is 0 Å². The van der Waals surface area contributed by atoms with Gasteiger partial charge in [-0.15, -0.1) is 0 Å². The lowest BCUT2D eigenvalue weighted by atomic mass is 10.1. The molecule has 0 saturated carbocycles. The van der Waals surface area contributed by atoms with Crippen LogP contribution >= 0.6 is 0 Å². The summed E-state index contributed by atoms with van der Waals surface area (Å²) in [4.78, 5) is 10.8. The minimum Gasteiger partial charge on any atom is -0.481 e. The van der Waals surface area contributed by atoms with Crippen LogP contribution in [0.5, 0.6) is 0 Å². The number of hydrogen-bond donors (Lipinski definition) is 2. The SMILES string of the molecule is N#Cc1cccc(Nc2ccc(F)cc2CC(=O)O)c1. The van der Waals surface area contributed by atoms with Crippen molar-refractivity contribution < 1.29 is 14.3 Å². The van der Waals surface area contributed by atoms with Crippen LogP contribution in [0.1, 0.15) is 11.1 Å². The van der Waals surface area contributed by atoms with E-state index in [1.54, 1.807) is 24.3 Å². The molecule has 0 unspecified atom stereocenters. The van der Waals surface area contributed by atoms with E-state index in [1.807, 2.05) is 6.07 Å². The summed E-state index contributed by atoms with van der Waals surface area (Å²) >= 11 is 0. The summed E-state index contributed by atoms with van der Waals surface area (Å²) < 4.78 is 13.2. The summed E-state index contributed by atoms with van der Waals surface area (Å²) in [7, 11) is 0. The molecule has 0 heterocycles. The van der Waals surface area contributed by atoms with Gasteiger partial charge in [-0.1, -0.05) is 6.07 Å². The molecule has 2 aromatic carbocycles. The quantitative estimate of drug-likeness (QED) is 0.895. The standard InChI is InChI=1S/C15H11FN2O2/c16-12-4-5-14(11(7-12)8-15(19)20)18-13-3-1-2-10(6-13)9-17/h1-7,18H,8H2,(H,19,20). The van der Waals surface area contributed by atoms with E-state index >= 15 is 0 Å². The van der Waals surface area contributed by atoms with Gasteiger partial charge in [-0.25, -0.2) is 4.39 Å². The molecule has 0 saturated heterocycles. The molecule has 0 fully saturated rings. The lowest BCUT2D eigenvalue weighted by Gasteiger charge is -2.11. The fraction of sp³-hybridized carbons (Fsp3) is 0.0667. The van der Waals surface area contributed by atoms with Crippen LogP contribution in [0.4, 0.5) is 15.8 Å². The van der Waals surface area contributed by atoms with Gasteiger partial charge >= 0.3 is 5.97 Å². The highest BCUT2D eigenvalue weighted by molar-refractivity contribution is 5.75. The monoisotopic (exact) mass is 270 g/mol. The first-order valence-electron chi connectivity index (χ1n) is 5.86. The highest BCUT2D eigenvalue weighted by atomic mass is 19.1. The number of nitriles is 1. The molecule has 20 heavy (non-hydrogen) atoms. The van der Waals surface area contributed by atoms with Crippen molar-refractivity contribution in [3.8, 4) is 6.07 Å². The molecule has 0 spiro atoms. The fourth-order valence-electron chi connectivity index (χ4n) is 1.82. The number of nitrogens with zero attached hydrogens (tertiary/aromatic N) is 1. The molecule has 2 aromatic rings. The number of carboxylic acids is 1. The molecule has 2 N–H and O–H groups in total. The van der Waals surface area contributed by atoms with E-state index in [1.165, 1.54) is 18.2 Å². The van der Waals surface area contributed by atoms with Crippen LogP contribution in [0.25, 0.3) is 0 Å². The van der Waals surface area contributed by atoms with Crippen LogP contribution in [-0.2, 0) is 11.2 Å². The van der Waals surface area contributed by atoms with Gasteiger partial charge in [0.25, 0.3) is 0 Å². The Morgan fingerprint density at radius 3 is 2.80 bits per heavy atom. The van der Waals surface area contributed by atoms with E-state index in [0.29, 0.717) is 22.5 Å². The molecular weight excluding hydrogens is 259 g/mol. The Labute approximate surface area is 115 Å². The lowest BCUT2D eigenvalue weighted by Crippen LogP contribution is -2.04. The number of carboxylic acid groups (broad SMARTS) is 1. The minimum atomic E-state index is -1.04. The Morgan fingerprint density at radius 1 is 1.30 bits per heavy atom. The van der Waals surface area contributed by atoms with Crippen molar-refractivity contribution in [2.45, 2.75) is 6.42 Å². The third-order valence-electron chi connectivity index (χ3n) is 2.68. The smallest absolute Gasteiger partial charge is 0.307 e. The maximum Gasteiger partial charge on any atom is 0.307 e. The first-order chi connectivity index (χ1) is 9.58. The highest BCUT2D eigenvalue weighted by Gasteiger charge is 2.09. The van der Waals surface area contributed by atoms with Gasteiger partial charge in [0, 0.05) is 11.4 Å². The lowest BCUT2D eigenvalue weighted by molar-refractivity contribution is -0.136. The summed E-state index contributed by atoms with van der Waals surface area (Å²) in [6.07, 6.45) is -0.280. The molecule has 0 aliphatic rings. The van der Waals surface area contributed by atoms with Gasteiger partial charge in [0.05, 0.1) is 18.1 Å². The van der Waals surface area contributed by atoms with E-state index in [9.17, 15) is 9.18 Å². The van der Waals surface area contributed by atoms with Gasteiger partial charge in [-0.3, -0.25) is 4.79 Å². The molecule has 0 atom stereocenters. The molecule has 0 amide bonds. The van der Waals surface area contributed by atoms with Gasteiger partial charge < -0.3 is 10.4 Å². The molecule has 0 aromatic heterocycles. The Balaban J connectivity index is 2.32. The molecule has 0 bridgehead atoms. The molecule has 4 nitrogen and oxygen atoms in total. The van der Waals surface area contributed by atoms with Crippen molar-refractivity contribution in [2.75, 3.05) is 5.32 Å². The van der Waals surface area contributed by atoms with Crippen molar-refractivity contribution in [2.24, 2.45) is 0 Å². The van der Waals surface area contributed by atoms with Crippen LogP contribution in [0.3, 0.4) is 0 Å². The normalized spacial score (nSPS) is 9.80. The van der Waals surface area contributed by atoms with Gasteiger partial charge in [0.1, 0.15) is 5.82 Å². The maximum atomic E-state index is 13.2. The number of benzene rings is 2. The van der Waals surface area contributed by atoms with Crippen LogP contribution in [0.15, 0.2) is 42.5 Å². The van der Waals surface area contributed by atoms with Gasteiger partial charge in [-0.05, 0) is 42.0 Å². The molecule has 0 radical (unpaired) electrons. The van der Waals surface area contributed by atoms with Gasteiger partial charge in [0.2, 0.25) is 0 Å². The van der Waals surface area contributed by atoms with Crippen molar-refractivity contribution >= 4 is 17.3 Å². The molecule has 100 valence electrons. The summed E-state index contributed by atoms with van der Waals surface area (Å²) in [5.41, 5.74) is 1.97.